The van der Waals surface area contributed by atoms with Gasteiger partial charge in [-0.2, -0.15) is 0 Å². The van der Waals surface area contributed by atoms with E-state index >= 15 is 0 Å². The highest BCUT2D eigenvalue weighted by molar-refractivity contribution is 6.07. The average molecular weight is 391 g/mol. The highest BCUT2D eigenvalue weighted by Gasteiger charge is 2.54. The van der Waals surface area contributed by atoms with Crippen molar-refractivity contribution in [2.75, 3.05) is 32.7 Å². The van der Waals surface area contributed by atoms with E-state index in [2.05, 4.69) is 17.1 Å². The molecule has 0 aromatic heterocycles. The van der Waals surface area contributed by atoms with Gasteiger partial charge in [-0.1, -0.05) is 19.8 Å². The van der Waals surface area contributed by atoms with Crippen molar-refractivity contribution in [3.63, 3.8) is 0 Å². The number of nitrogens with one attached hydrogen (secondary N) is 1. The minimum absolute atomic E-state index is 0.0331. The van der Waals surface area contributed by atoms with Gasteiger partial charge >= 0.3 is 6.03 Å². The van der Waals surface area contributed by atoms with Crippen LogP contribution in [0.1, 0.15) is 64.7 Å². The fourth-order valence-electron chi connectivity index (χ4n) is 5.56. The zero-order valence-corrected chi connectivity index (χ0v) is 17.1. The Morgan fingerprint density at radius 2 is 1.68 bits per heavy atom. The van der Waals surface area contributed by atoms with E-state index < -0.39 is 5.54 Å². The van der Waals surface area contributed by atoms with Crippen LogP contribution < -0.4 is 5.32 Å². The molecule has 3 heterocycles. The van der Waals surface area contributed by atoms with Crippen molar-refractivity contribution >= 4 is 17.8 Å². The fourth-order valence-corrected chi connectivity index (χ4v) is 5.56. The van der Waals surface area contributed by atoms with E-state index in [1.165, 1.54) is 4.90 Å². The van der Waals surface area contributed by atoms with Crippen LogP contribution in [0.25, 0.3) is 0 Å². The summed E-state index contributed by atoms with van der Waals surface area (Å²) >= 11 is 0. The van der Waals surface area contributed by atoms with Crippen LogP contribution in [0.5, 0.6) is 0 Å². The number of imide groups is 1. The SMILES string of the molecule is CCCN1CCC2(CC1)NC(=O)N(C1CCN(C(=O)C3CCCC3)CC1)C2=O. The Bertz CT molecular complexity index is 615. The fraction of sp³-hybridized carbons (Fsp3) is 0.857. The Balaban J connectivity index is 1.34. The molecule has 4 amide bonds. The summed E-state index contributed by atoms with van der Waals surface area (Å²) in [4.78, 5) is 44.4. The van der Waals surface area contributed by atoms with Crippen molar-refractivity contribution < 1.29 is 14.4 Å². The first-order valence-corrected chi connectivity index (χ1v) is 11.2. The van der Waals surface area contributed by atoms with Crippen LogP contribution in [0.15, 0.2) is 0 Å². The predicted molar refractivity (Wildman–Crippen MR) is 106 cm³/mol. The lowest BCUT2D eigenvalue weighted by atomic mass is 9.87. The lowest BCUT2D eigenvalue weighted by molar-refractivity contribution is -0.138. The number of carbonyl (C=O) groups is 3. The molecule has 4 aliphatic rings. The van der Waals surface area contributed by atoms with Gasteiger partial charge in [-0.05, 0) is 51.5 Å². The smallest absolute Gasteiger partial charge is 0.325 e. The normalized spacial score (nSPS) is 27.0. The maximum Gasteiger partial charge on any atom is 0.325 e. The molecule has 1 N–H and O–H groups in total. The van der Waals surface area contributed by atoms with Crippen molar-refractivity contribution in [2.24, 2.45) is 5.92 Å². The summed E-state index contributed by atoms with van der Waals surface area (Å²) in [6.45, 7) is 6.26. The second-order valence-corrected chi connectivity index (χ2v) is 9.07. The molecule has 4 fully saturated rings. The van der Waals surface area contributed by atoms with Gasteiger partial charge in [0.1, 0.15) is 5.54 Å². The maximum atomic E-state index is 13.2. The van der Waals surface area contributed by atoms with Crippen molar-refractivity contribution in [2.45, 2.75) is 76.3 Å². The minimum Gasteiger partial charge on any atom is -0.342 e. The number of hydrogen-bond donors (Lipinski definition) is 1. The molecule has 3 aliphatic heterocycles. The van der Waals surface area contributed by atoms with Crippen LogP contribution in [0.2, 0.25) is 0 Å². The minimum atomic E-state index is -0.696. The highest BCUT2D eigenvalue weighted by atomic mass is 16.2. The van der Waals surface area contributed by atoms with Gasteiger partial charge in [0.15, 0.2) is 0 Å². The number of urea groups is 1. The number of rotatable bonds is 4. The van der Waals surface area contributed by atoms with Crippen molar-refractivity contribution in [3.8, 4) is 0 Å². The van der Waals surface area contributed by atoms with E-state index in [1.54, 1.807) is 0 Å². The monoisotopic (exact) mass is 390 g/mol. The van der Waals surface area contributed by atoms with Crippen LogP contribution in [-0.2, 0) is 9.59 Å². The molecule has 0 unspecified atom stereocenters. The van der Waals surface area contributed by atoms with Crippen molar-refractivity contribution in [3.05, 3.63) is 0 Å². The Morgan fingerprint density at radius 1 is 1.04 bits per heavy atom. The second kappa shape index (κ2) is 8.01. The van der Waals surface area contributed by atoms with Crippen LogP contribution in [0.3, 0.4) is 0 Å². The van der Waals surface area contributed by atoms with Crippen LogP contribution >= 0.6 is 0 Å². The lowest BCUT2D eigenvalue weighted by Gasteiger charge is -2.39. The summed E-state index contributed by atoms with van der Waals surface area (Å²) in [5, 5.41) is 3.04. The third-order valence-corrected chi connectivity index (χ3v) is 7.29. The summed E-state index contributed by atoms with van der Waals surface area (Å²) in [6, 6.07) is -0.303. The summed E-state index contributed by atoms with van der Waals surface area (Å²) in [5.41, 5.74) is -0.696. The van der Waals surface area contributed by atoms with Crippen molar-refractivity contribution in [1.29, 1.82) is 0 Å². The highest BCUT2D eigenvalue weighted by Crippen LogP contribution is 2.33. The number of hydrogen-bond acceptors (Lipinski definition) is 4. The quantitative estimate of drug-likeness (QED) is 0.745. The molecule has 156 valence electrons. The lowest BCUT2D eigenvalue weighted by Crippen LogP contribution is -2.55. The largest absolute Gasteiger partial charge is 0.342 e. The van der Waals surface area contributed by atoms with Crippen LogP contribution in [-0.4, -0.2) is 76.8 Å². The van der Waals surface area contributed by atoms with E-state index in [9.17, 15) is 14.4 Å². The first kappa shape index (κ1) is 19.7. The zero-order valence-electron chi connectivity index (χ0n) is 17.1. The molecule has 7 heteroatoms. The Labute approximate surface area is 167 Å². The third-order valence-electron chi connectivity index (χ3n) is 7.29. The molecule has 1 spiro atoms. The van der Waals surface area contributed by atoms with Crippen LogP contribution in [0.4, 0.5) is 4.79 Å². The zero-order chi connectivity index (χ0) is 19.7. The maximum absolute atomic E-state index is 13.2. The van der Waals surface area contributed by atoms with Gasteiger partial charge < -0.3 is 15.1 Å². The third kappa shape index (κ3) is 3.53. The number of nitrogens with zero attached hydrogens (tertiary/aromatic N) is 3. The molecule has 4 rings (SSSR count). The van der Waals surface area contributed by atoms with Gasteiger partial charge in [0.25, 0.3) is 5.91 Å². The van der Waals surface area contributed by atoms with E-state index in [4.69, 9.17) is 0 Å². The Kier molecular flexibility index (Phi) is 5.63. The van der Waals surface area contributed by atoms with E-state index in [-0.39, 0.29) is 29.8 Å². The first-order valence-electron chi connectivity index (χ1n) is 11.2. The first-order chi connectivity index (χ1) is 13.5. The van der Waals surface area contributed by atoms with Gasteiger partial charge in [-0.3, -0.25) is 14.5 Å². The molecular formula is C21H34N4O3. The van der Waals surface area contributed by atoms with Crippen molar-refractivity contribution in [1.82, 2.24) is 20.0 Å². The van der Waals surface area contributed by atoms with Gasteiger partial charge in [0.05, 0.1) is 0 Å². The van der Waals surface area contributed by atoms with Crippen LogP contribution in [0, 0.1) is 5.92 Å². The van der Waals surface area contributed by atoms with E-state index in [0.29, 0.717) is 38.8 Å². The molecule has 1 aliphatic carbocycles. The van der Waals surface area contributed by atoms with Gasteiger partial charge in [-0.25, -0.2) is 4.79 Å². The number of carbonyl (C=O) groups excluding carboxylic acids is 3. The molecule has 0 aromatic carbocycles. The van der Waals surface area contributed by atoms with Gasteiger partial charge in [-0.15, -0.1) is 0 Å². The topological polar surface area (TPSA) is 73.0 Å². The molecule has 1 saturated carbocycles. The average Bonchev–Trinajstić information content (AvgIpc) is 3.31. The second-order valence-electron chi connectivity index (χ2n) is 9.07. The van der Waals surface area contributed by atoms with E-state index in [0.717, 1.165) is 51.7 Å². The number of amides is 4. The Hall–Kier alpha value is -1.63. The molecule has 0 radical (unpaired) electrons. The summed E-state index contributed by atoms with van der Waals surface area (Å²) < 4.78 is 0. The molecule has 0 bridgehead atoms. The standard InChI is InChI=1S/C21H34N4O3/c1-2-11-23-14-9-21(10-15-23)19(27)25(20(28)22-21)17-7-12-24(13-8-17)18(26)16-5-3-4-6-16/h16-17H,2-15H2,1H3,(H,22,28). The Morgan fingerprint density at radius 3 is 2.29 bits per heavy atom. The number of likely N-dealkylation sites (tertiary alicyclic amines) is 2. The molecule has 3 saturated heterocycles. The predicted octanol–water partition coefficient (Wildman–Crippen LogP) is 1.96. The van der Waals surface area contributed by atoms with Gasteiger partial charge in [0.2, 0.25) is 5.91 Å². The van der Waals surface area contributed by atoms with Gasteiger partial charge in [0, 0.05) is 38.1 Å². The molecule has 7 nitrogen and oxygen atoms in total. The number of piperidine rings is 2. The summed E-state index contributed by atoms with van der Waals surface area (Å²) in [6.07, 6.45) is 8.27. The van der Waals surface area contributed by atoms with E-state index in [1.807, 2.05) is 4.90 Å². The molecular weight excluding hydrogens is 356 g/mol. The molecule has 0 aromatic rings. The summed E-state index contributed by atoms with van der Waals surface area (Å²) in [5.74, 6) is 0.451. The molecule has 28 heavy (non-hydrogen) atoms. The summed E-state index contributed by atoms with van der Waals surface area (Å²) in [7, 11) is 0. The molecule has 0 atom stereocenters.